The van der Waals surface area contributed by atoms with E-state index >= 15 is 0 Å². The van der Waals surface area contributed by atoms with Crippen LogP contribution in [0.2, 0.25) is 0 Å². The molecule has 1 fully saturated rings. The highest BCUT2D eigenvalue weighted by Crippen LogP contribution is 2.19. The maximum Gasteiger partial charge on any atom is 0.304 e. The minimum Gasteiger partial charge on any atom is -0.336 e. The maximum atomic E-state index is 11.5. The molecule has 0 aromatic carbocycles. The molecule has 0 bridgehead atoms. The summed E-state index contributed by atoms with van der Waals surface area (Å²) in [5.74, 6) is 0.108. The van der Waals surface area contributed by atoms with Gasteiger partial charge in [-0.3, -0.25) is 9.59 Å². The number of hydrogen-bond acceptors (Lipinski definition) is 3. The summed E-state index contributed by atoms with van der Waals surface area (Å²) in [5.41, 5.74) is 0.815. The zero-order valence-corrected chi connectivity index (χ0v) is 9.73. The lowest BCUT2D eigenvalue weighted by atomic mass is 10.4. The number of carbonyl (C=O) groups is 1. The molecular weight excluding hydrogens is 268 g/mol. The summed E-state index contributed by atoms with van der Waals surface area (Å²) < 4.78 is 0. The number of carbonyl (C=O) groups excluding carboxylic acids is 1. The quantitative estimate of drug-likeness (QED) is 0.818. The largest absolute Gasteiger partial charge is 0.336 e. The minimum atomic E-state index is -0.0676. The number of aromatic amines is 1. The van der Waals surface area contributed by atoms with Crippen LogP contribution in [0.3, 0.4) is 0 Å². The number of halogens is 1. The Labute approximate surface area is 93.1 Å². The number of hydrogen-bond donors (Lipinski definition) is 1. The van der Waals surface area contributed by atoms with Gasteiger partial charge in [0.25, 0.3) is 0 Å². The van der Waals surface area contributed by atoms with E-state index in [0.29, 0.717) is 6.54 Å². The van der Waals surface area contributed by atoms with Crippen LogP contribution >= 0.6 is 27.3 Å². The van der Waals surface area contributed by atoms with Crippen molar-refractivity contribution in [3.63, 3.8) is 0 Å². The number of nitrogens with zero attached hydrogens (tertiary/aromatic N) is 1. The number of amides is 1. The molecular formula is C8H9BrN2O2S. The van der Waals surface area contributed by atoms with Gasteiger partial charge in [-0.05, 0) is 6.42 Å². The van der Waals surface area contributed by atoms with E-state index in [2.05, 4.69) is 20.9 Å². The molecule has 2 heterocycles. The smallest absolute Gasteiger partial charge is 0.304 e. The average Bonchev–Trinajstić information content (AvgIpc) is 2.67. The molecule has 1 aliphatic rings. The van der Waals surface area contributed by atoms with Crippen molar-refractivity contribution in [1.29, 1.82) is 0 Å². The Hall–Kier alpha value is -0.620. The number of nitrogens with one attached hydrogen (secondary N) is 1. The zero-order chi connectivity index (χ0) is 10.1. The second kappa shape index (κ2) is 3.86. The normalized spacial score (nSPS) is 21.9. The summed E-state index contributed by atoms with van der Waals surface area (Å²) in [6.45, 7) is 1.27. The molecule has 1 amide bonds. The molecule has 1 aromatic heterocycles. The van der Waals surface area contributed by atoms with E-state index in [1.165, 1.54) is 0 Å². The van der Waals surface area contributed by atoms with Crippen molar-refractivity contribution in [2.24, 2.45) is 0 Å². The Bertz CT molecular complexity index is 400. The lowest BCUT2D eigenvalue weighted by Gasteiger charge is -2.13. The Morgan fingerprint density at radius 1 is 1.64 bits per heavy atom. The fourth-order valence-corrected chi connectivity index (χ4v) is 2.52. The lowest BCUT2D eigenvalue weighted by molar-refractivity contribution is -0.127. The first-order valence-electron chi connectivity index (χ1n) is 4.26. The van der Waals surface area contributed by atoms with Crippen LogP contribution in [-0.2, 0) is 11.3 Å². The molecule has 1 N–H and O–H groups in total. The summed E-state index contributed by atoms with van der Waals surface area (Å²) in [7, 11) is 0. The van der Waals surface area contributed by atoms with Gasteiger partial charge in [0.15, 0.2) is 0 Å². The fraction of sp³-hybridized carbons (Fsp3) is 0.500. The number of aromatic nitrogens is 1. The fourth-order valence-electron chi connectivity index (χ4n) is 1.46. The van der Waals surface area contributed by atoms with Crippen LogP contribution in [0.15, 0.2) is 10.2 Å². The summed E-state index contributed by atoms with van der Waals surface area (Å²) in [6, 6.07) is 0. The van der Waals surface area contributed by atoms with Crippen LogP contribution in [0.1, 0.15) is 12.1 Å². The number of rotatable bonds is 2. The van der Waals surface area contributed by atoms with E-state index < -0.39 is 0 Å². The first-order valence-corrected chi connectivity index (χ1v) is 6.06. The Kier molecular flexibility index (Phi) is 2.73. The van der Waals surface area contributed by atoms with Gasteiger partial charge in [-0.25, -0.2) is 0 Å². The predicted molar refractivity (Wildman–Crippen MR) is 57.7 cm³/mol. The highest BCUT2D eigenvalue weighted by Gasteiger charge is 2.29. The molecule has 14 heavy (non-hydrogen) atoms. The standard InChI is InChI=1S/C8H9BrN2O2S/c9-6-1-2-11(7(6)12)3-5-4-14-8(13)10-5/h4,6H,1-3H2,(H,10,13). The molecule has 1 unspecified atom stereocenters. The first-order chi connectivity index (χ1) is 6.66. The molecule has 0 aliphatic carbocycles. The van der Waals surface area contributed by atoms with Gasteiger partial charge in [0.05, 0.1) is 11.4 Å². The van der Waals surface area contributed by atoms with Gasteiger partial charge in [0.2, 0.25) is 5.91 Å². The van der Waals surface area contributed by atoms with Crippen molar-refractivity contribution in [2.45, 2.75) is 17.8 Å². The molecule has 1 saturated heterocycles. The molecule has 4 nitrogen and oxygen atoms in total. The van der Waals surface area contributed by atoms with E-state index in [1.807, 2.05) is 0 Å². The van der Waals surface area contributed by atoms with E-state index in [9.17, 15) is 9.59 Å². The van der Waals surface area contributed by atoms with Crippen molar-refractivity contribution in [1.82, 2.24) is 9.88 Å². The molecule has 0 saturated carbocycles. The van der Waals surface area contributed by atoms with E-state index in [0.717, 1.165) is 30.0 Å². The Morgan fingerprint density at radius 3 is 2.93 bits per heavy atom. The highest BCUT2D eigenvalue weighted by molar-refractivity contribution is 9.10. The van der Waals surface area contributed by atoms with E-state index in [1.54, 1.807) is 10.3 Å². The molecule has 1 atom stereocenters. The van der Waals surface area contributed by atoms with Crippen LogP contribution < -0.4 is 4.87 Å². The Morgan fingerprint density at radius 2 is 2.43 bits per heavy atom. The zero-order valence-electron chi connectivity index (χ0n) is 7.33. The molecule has 76 valence electrons. The van der Waals surface area contributed by atoms with Crippen LogP contribution in [0, 0.1) is 0 Å². The van der Waals surface area contributed by atoms with Crippen LogP contribution in [0.25, 0.3) is 0 Å². The van der Waals surface area contributed by atoms with Crippen molar-refractivity contribution in [3.05, 3.63) is 20.7 Å². The second-order valence-corrected chi connectivity index (χ2v) is 5.14. The summed E-state index contributed by atoms with van der Waals surface area (Å²) in [6.07, 6.45) is 0.840. The van der Waals surface area contributed by atoms with Crippen molar-refractivity contribution >= 4 is 33.2 Å². The van der Waals surface area contributed by atoms with Crippen molar-refractivity contribution in [2.75, 3.05) is 6.54 Å². The summed E-state index contributed by atoms with van der Waals surface area (Å²) in [5, 5.41) is 1.76. The minimum absolute atomic E-state index is 0.0483. The SMILES string of the molecule is O=C1C(Br)CCN1Cc1csc(=O)[nH]1. The molecule has 0 spiro atoms. The third kappa shape index (κ3) is 1.90. The predicted octanol–water partition coefficient (Wildman–Crippen LogP) is 0.932. The van der Waals surface area contributed by atoms with Gasteiger partial charge in [-0.1, -0.05) is 27.3 Å². The molecule has 1 aliphatic heterocycles. The molecule has 6 heteroatoms. The van der Waals surface area contributed by atoms with E-state index in [4.69, 9.17) is 0 Å². The van der Waals surface area contributed by atoms with Gasteiger partial charge in [-0.15, -0.1) is 0 Å². The highest BCUT2D eigenvalue weighted by atomic mass is 79.9. The van der Waals surface area contributed by atoms with Gasteiger partial charge >= 0.3 is 4.87 Å². The second-order valence-electron chi connectivity index (χ2n) is 3.19. The van der Waals surface area contributed by atoms with Gasteiger partial charge < -0.3 is 9.88 Å². The van der Waals surface area contributed by atoms with E-state index in [-0.39, 0.29) is 15.6 Å². The third-order valence-electron chi connectivity index (χ3n) is 2.16. The monoisotopic (exact) mass is 276 g/mol. The first kappa shape index (κ1) is 9.92. The average molecular weight is 277 g/mol. The number of alkyl halides is 1. The van der Waals surface area contributed by atoms with Gasteiger partial charge in [0, 0.05) is 17.6 Å². The lowest BCUT2D eigenvalue weighted by Crippen LogP contribution is -2.27. The molecule has 1 aromatic rings. The topological polar surface area (TPSA) is 53.2 Å². The van der Waals surface area contributed by atoms with Crippen LogP contribution in [0.5, 0.6) is 0 Å². The number of H-pyrrole nitrogens is 1. The van der Waals surface area contributed by atoms with Crippen LogP contribution in [-0.4, -0.2) is 27.2 Å². The maximum absolute atomic E-state index is 11.5. The summed E-state index contributed by atoms with van der Waals surface area (Å²) in [4.78, 5) is 26.7. The third-order valence-corrected chi connectivity index (χ3v) is 3.73. The summed E-state index contributed by atoms with van der Waals surface area (Å²) >= 11 is 4.43. The molecule has 0 radical (unpaired) electrons. The van der Waals surface area contributed by atoms with Crippen molar-refractivity contribution < 1.29 is 4.79 Å². The van der Waals surface area contributed by atoms with Crippen LogP contribution in [0.4, 0.5) is 0 Å². The Balaban J connectivity index is 2.05. The number of likely N-dealkylation sites (tertiary alicyclic amines) is 1. The van der Waals surface area contributed by atoms with Gasteiger partial charge in [0.1, 0.15) is 0 Å². The van der Waals surface area contributed by atoms with Gasteiger partial charge in [-0.2, -0.15) is 0 Å². The molecule has 2 rings (SSSR count). The van der Waals surface area contributed by atoms with Crippen molar-refractivity contribution in [3.8, 4) is 0 Å². The number of thiazole rings is 1.